The van der Waals surface area contributed by atoms with Crippen molar-refractivity contribution in [2.45, 2.75) is 52.0 Å². The first-order valence-electron chi connectivity index (χ1n) is 6.23. The van der Waals surface area contributed by atoms with Crippen LogP contribution in [0.5, 0.6) is 0 Å². The molecule has 1 heterocycles. The molecule has 0 bridgehead atoms. The van der Waals surface area contributed by atoms with E-state index in [1.54, 1.807) is 0 Å². The van der Waals surface area contributed by atoms with Crippen LogP contribution in [0.25, 0.3) is 0 Å². The lowest BCUT2D eigenvalue weighted by Gasteiger charge is -2.08. The highest BCUT2D eigenvalue weighted by molar-refractivity contribution is 5.82. The predicted octanol–water partition coefficient (Wildman–Crippen LogP) is 2.77. The van der Waals surface area contributed by atoms with Crippen molar-refractivity contribution in [1.82, 2.24) is 9.78 Å². The van der Waals surface area contributed by atoms with Gasteiger partial charge in [-0.25, -0.2) is 0 Å². The molecule has 0 atom stereocenters. The first-order valence-corrected chi connectivity index (χ1v) is 6.23. The summed E-state index contributed by atoms with van der Waals surface area (Å²) in [5.41, 5.74) is 0.922. The third-order valence-corrected chi connectivity index (χ3v) is 3.36. The quantitative estimate of drug-likeness (QED) is 0.782. The van der Waals surface area contributed by atoms with Crippen molar-refractivity contribution in [3.8, 4) is 0 Å². The zero-order valence-corrected chi connectivity index (χ0v) is 10.1. The molecule has 0 aliphatic heterocycles. The monoisotopic (exact) mass is 220 g/mol. The molecule has 1 aliphatic carbocycles. The molecule has 0 aromatic carbocycles. The van der Waals surface area contributed by atoms with E-state index in [1.807, 2.05) is 26.1 Å². The lowest BCUT2D eigenvalue weighted by molar-refractivity contribution is -0.121. The zero-order valence-electron chi connectivity index (χ0n) is 10.1. The lowest BCUT2D eigenvalue weighted by atomic mass is 10.1. The molecule has 0 N–H and O–H groups in total. The van der Waals surface area contributed by atoms with E-state index >= 15 is 0 Å². The van der Waals surface area contributed by atoms with Gasteiger partial charge >= 0.3 is 0 Å². The Bertz CT molecular complexity index is 362. The van der Waals surface area contributed by atoms with Gasteiger partial charge < -0.3 is 0 Å². The van der Waals surface area contributed by atoms with E-state index in [2.05, 4.69) is 9.78 Å². The van der Waals surface area contributed by atoms with Gasteiger partial charge in [0, 0.05) is 12.1 Å². The van der Waals surface area contributed by atoms with E-state index in [9.17, 15) is 4.79 Å². The van der Waals surface area contributed by atoms with Crippen LogP contribution >= 0.6 is 0 Å². The van der Waals surface area contributed by atoms with Crippen LogP contribution < -0.4 is 0 Å². The summed E-state index contributed by atoms with van der Waals surface area (Å²) >= 11 is 0. The first kappa shape index (κ1) is 11.4. The molecule has 0 unspecified atom stereocenters. The van der Waals surface area contributed by atoms with Gasteiger partial charge in [0.1, 0.15) is 5.78 Å². The van der Waals surface area contributed by atoms with E-state index in [0.717, 1.165) is 5.69 Å². The molecule has 3 heteroatoms. The second-order valence-corrected chi connectivity index (χ2v) is 5.02. The highest BCUT2D eigenvalue weighted by Crippen LogP contribution is 2.28. The Kier molecular flexibility index (Phi) is 3.42. The summed E-state index contributed by atoms with van der Waals surface area (Å²) in [6, 6.07) is 2.56. The Hall–Kier alpha value is -1.12. The Morgan fingerprint density at radius 3 is 2.81 bits per heavy atom. The van der Waals surface area contributed by atoms with Gasteiger partial charge in [0.05, 0.1) is 18.2 Å². The van der Waals surface area contributed by atoms with E-state index < -0.39 is 0 Å². The van der Waals surface area contributed by atoms with E-state index in [0.29, 0.717) is 12.5 Å². The Balaban J connectivity index is 1.99. The molecule has 1 saturated carbocycles. The number of carbonyl (C=O) groups excluding carboxylic acids is 1. The summed E-state index contributed by atoms with van der Waals surface area (Å²) in [6.45, 7) is 3.88. The van der Waals surface area contributed by atoms with Gasteiger partial charge in [-0.1, -0.05) is 26.7 Å². The maximum absolute atomic E-state index is 11.6. The summed E-state index contributed by atoms with van der Waals surface area (Å²) in [5, 5.41) is 4.51. The van der Waals surface area contributed by atoms with Crippen LogP contribution in [0.1, 0.15) is 51.3 Å². The number of carbonyl (C=O) groups is 1. The molecule has 1 aromatic heterocycles. The average Bonchev–Trinajstić information content (AvgIpc) is 2.85. The van der Waals surface area contributed by atoms with Gasteiger partial charge in [-0.3, -0.25) is 9.48 Å². The number of hydrogen-bond acceptors (Lipinski definition) is 2. The van der Waals surface area contributed by atoms with Crippen molar-refractivity contribution in [3.63, 3.8) is 0 Å². The molecule has 2 rings (SSSR count). The number of hydrogen-bond donors (Lipinski definition) is 0. The highest BCUT2D eigenvalue weighted by atomic mass is 16.1. The largest absolute Gasteiger partial charge is 0.299 e. The van der Waals surface area contributed by atoms with E-state index in [4.69, 9.17) is 0 Å². The summed E-state index contributed by atoms with van der Waals surface area (Å²) in [7, 11) is 0. The molecule has 0 amide bonds. The van der Waals surface area contributed by atoms with Crippen LogP contribution in [-0.2, 0) is 11.2 Å². The molecule has 1 aliphatic rings. The molecular weight excluding hydrogens is 200 g/mol. The van der Waals surface area contributed by atoms with Crippen molar-refractivity contribution in [1.29, 1.82) is 0 Å². The van der Waals surface area contributed by atoms with Gasteiger partial charge in [-0.2, -0.15) is 5.10 Å². The Labute approximate surface area is 96.8 Å². The van der Waals surface area contributed by atoms with Gasteiger partial charge in [0.15, 0.2) is 0 Å². The van der Waals surface area contributed by atoms with Gasteiger partial charge in [-0.05, 0) is 18.9 Å². The number of aromatic nitrogens is 2. The molecule has 0 radical (unpaired) electrons. The fourth-order valence-electron chi connectivity index (χ4n) is 2.23. The van der Waals surface area contributed by atoms with Crippen LogP contribution in [0.3, 0.4) is 0 Å². The van der Waals surface area contributed by atoms with Gasteiger partial charge in [-0.15, -0.1) is 0 Å². The number of nitrogens with zero attached hydrogens (tertiary/aromatic N) is 2. The SMILES string of the molecule is CC(C)C(=O)Cc1ccn(C2CCCC2)n1. The minimum Gasteiger partial charge on any atom is -0.299 e. The molecule has 1 fully saturated rings. The predicted molar refractivity (Wildman–Crippen MR) is 63.3 cm³/mol. The zero-order chi connectivity index (χ0) is 11.5. The fourth-order valence-corrected chi connectivity index (χ4v) is 2.23. The number of ketones is 1. The molecule has 3 nitrogen and oxygen atoms in total. The molecular formula is C13H20N2O. The normalized spacial score (nSPS) is 17.2. The smallest absolute Gasteiger partial charge is 0.141 e. The maximum atomic E-state index is 11.6. The second-order valence-electron chi connectivity index (χ2n) is 5.02. The van der Waals surface area contributed by atoms with Gasteiger partial charge in [0.25, 0.3) is 0 Å². The van der Waals surface area contributed by atoms with Crippen LogP contribution in [0.2, 0.25) is 0 Å². The Morgan fingerprint density at radius 2 is 2.19 bits per heavy atom. The third kappa shape index (κ3) is 2.52. The number of rotatable bonds is 4. The van der Waals surface area contributed by atoms with Crippen molar-refractivity contribution < 1.29 is 4.79 Å². The summed E-state index contributed by atoms with van der Waals surface area (Å²) in [4.78, 5) is 11.6. The van der Waals surface area contributed by atoms with Crippen molar-refractivity contribution >= 4 is 5.78 Å². The minimum atomic E-state index is 0.108. The molecule has 0 saturated heterocycles. The van der Waals surface area contributed by atoms with Crippen molar-refractivity contribution in [3.05, 3.63) is 18.0 Å². The van der Waals surface area contributed by atoms with Crippen LogP contribution in [0.4, 0.5) is 0 Å². The standard InChI is InChI=1S/C13H20N2O/c1-10(2)13(16)9-11-7-8-15(14-11)12-5-3-4-6-12/h7-8,10,12H,3-6,9H2,1-2H3. The lowest BCUT2D eigenvalue weighted by Crippen LogP contribution is -2.12. The van der Waals surface area contributed by atoms with E-state index in [-0.39, 0.29) is 11.7 Å². The maximum Gasteiger partial charge on any atom is 0.141 e. The summed E-state index contributed by atoms with van der Waals surface area (Å²) in [6.07, 6.45) is 7.60. The highest BCUT2D eigenvalue weighted by Gasteiger charge is 2.18. The van der Waals surface area contributed by atoms with E-state index in [1.165, 1.54) is 25.7 Å². The van der Waals surface area contributed by atoms with Crippen LogP contribution in [0, 0.1) is 5.92 Å². The first-order chi connectivity index (χ1) is 7.66. The third-order valence-electron chi connectivity index (χ3n) is 3.36. The van der Waals surface area contributed by atoms with Crippen LogP contribution in [-0.4, -0.2) is 15.6 Å². The van der Waals surface area contributed by atoms with Crippen LogP contribution in [0.15, 0.2) is 12.3 Å². The number of Topliss-reactive ketones (excluding diaryl/α,β-unsaturated/α-hetero) is 1. The molecule has 88 valence electrons. The topological polar surface area (TPSA) is 34.9 Å². The fraction of sp³-hybridized carbons (Fsp3) is 0.692. The minimum absolute atomic E-state index is 0.108. The Morgan fingerprint density at radius 1 is 1.50 bits per heavy atom. The molecule has 0 spiro atoms. The van der Waals surface area contributed by atoms with Crippen molar-refractivity contribution in [2.75, 3.05) is 0 Å². The second kappa shape index (κ2) is 4.81. The van der Waals surface area contributed by atoms with Crippen molar-refractivity contribution in [2.24, 2.45) is 5.92 Å². The average molecular weight is 220 g/mol. The molecule has 1 aromatic rings. The molecule has 16 heavy (non-hydrogen) atoms. The van der Waals surface area contributed by atoms with Gasteiger partial charge in [0.2, 0.25) is 0 Å². The summed E-state index contributed by atoms with van der Waals surface area (Å²) in [5.74, 6) is 0.383. The summed E-state index contributed by atoms with van der Waals surface area (Å²) < 4.78 is 2.05.